The van der Waals surface area contributed by atoms with E-state index in [9.17, 15) is 9.59 Å². The van der Waals surface area contributed by atoms with E-state index in [1.54, 1.807) is 29.9 Å². The predicted octanol–water partition coefficient (Wildman–Crippen LogP) is 3.47. The van der Waals surface area contributed by atoms with Crippen LogP contribution in [-0.2, 0) is 11.8 Å². The molecule has 0 unspecified atom stereocenters. The van der Waals surface area contributed by atoms with Gasteiger partial charge in [0.2, 0.25) is 0 Å². The van der Waals surface area contributed by atoms with Gasteiger partial charge in [-0.15, -0.1) is 11.3 Å². The fourth-order valence-corrected chi connectivity index (χ4v) is 4.14. The maximum Gasteiger partial charge on any atom is 0.268 e. The normalized spacial score (nSPS) is 13.3. The van der Waals surface area contributed by atoms with Crippen molar-refractivity contribution >= 4 is 52.5 Å². The number of aryl methyl sites for hydroxylation is 1. The van der Waals surface area contributed by atoms with E-state index in [4.69, 9.17) is 23.2 Å². The Morgan fingerprint density at radius 1 is 1.24 bits per heavy atom. The summed E-state index contributed by atoms with van der Waals surface area (Å²) in [5.74, 6) is -0.0381. The van der Waals surface area contributed by atoms with E-state index in [0.29, 0.717) is 30.6 Å². The van der Waals surface area contributed by atoms with Gasteiger partial charge in [0.25, 0.3) is 5.56 Å². The molecule has 152 valence electrons. The molecule has 8 heteroatoms. The van der Waals surface area contributed by atoms with Gasteiger partial charge >= 0.3 is 0 Å². The number of carbonyl (C=O) groups excluding carboxylic acids is 1. The molecular formula is C21H21Cl2N3O2S. The predicted molar refractivity (Wildman–Crippen MR) is 120 cm³/mol. The summed E-state index contributed by atoms with van der Waals surface area (Å²) in [5.41, 5.74) is 1.37. The van der Waals surface area contributed by atoms with Crippen molar-refractivity contribution < 1.29 is 4.79 Å². The molecular weight excluding hydrogens is 429 g/mol. The lowest BCUT2D eigenvalue weighted by atomic mass is 9.91. The first-order chi connectivity index (χ1) is 13.5. The fraction of sp³-hybridized carbons (Fsp3) is 0.286. The van der Waals surface area contributed by atoms with Crippen LogP contribution in [0.1, 0.15) is 32.0 Å². The minimum Gasteiger partial charge on any atom is -0.302 e. The number of hydrogen-bond donors (Lipinski definition) is 0. The molecule has 5 nitrogen and oxygen atoms in total. The molecule has 2 heterocycles. The summed E-state index contributed by atoms with van der Waals surface area (Å²) in [6.45, 7) is 7.36. The summed E-state index contributed by atoms with van der Waals surface area (Å²) < 4.78 is 4.14. The average molecular weight is 450 g/mol. The van der Waals surface area contributed by atoms with Gasteiger partial charge in [-0.3, -0.25) is 9.59 Å². The number of hydrogen-bond acceptors (Lipinski definition) is 4. The van der Waals surface area contributed by atoms with E-state index < -0.39 is 5.41 Å². The Morgan fingerprint density at radius 2 is 1.93 bits per heavy atom. The van der Waals surface area contributed by atoms with Gasteiger partial charge in [-0.1, -0.05) is 50.0 Å². The summed E-state index contributed by atoms with van der Waals surface area (Å²) in [5, 5.41) is 5.45. The largest absolute Gasteiger partial charge is 0.302 e. The van der Waals surface area contributed by atoms with Crippen LogP contribution in [0.5, 0.6) is 0 Å². The second-order valence-corrected chi connectivity index (χ2v) is 9.61. The molecule has 0 saturated carbocycles. The first-order valence-corrected chi connectivity index (χ1v) is 10.5. The van der Waals surface area contributed by atoms with E-state index in [1.807, 2.05) is 39.8 Å². The Morgan fingerprint density at radius 3 is 2.55 bits per heavy atom. The SMILES string of the molecule is Cc1nn(-c2cccc(Cl)c2)c(Cl)c1/C=c1\s/c(=C\C(=O)C(C)(C)C)n(C)c1=O. The van der Waals surface area contributed by atoms with Crippen LogP contribution in [0.25, 0.3) is 17.8 Å². The van der Waals surface area contributed by atoms with E-state index in [-0.39, 0.29) is 11.3 Å². The highest BCUT2D eigenvalue weighted by Crippen LogP contribution is 2.25. The van der Waals surface area contributed by atoms with Crippen molar-refractivity contribution in [1.29, 1.82) is 0 Å². The summed E-state index contributed by atoms with van der Waals surface area (Å²) in [7, 11) is 1.65. The van der Waals surface area contributed by atoms with Crippen molar-refractivity contribution in [3.05, 3.63) is 65.2 Å². The minimum absolute atomic E-state index is 0.0381. The van der Waals surface area contributed by atoms with Crippen molar-refractivity contribution in [3.63, 3.8) is 0 Å². The minimum atomic E-state index is -0.512. The number of ketones is 1. The molecule has 0 saturated heterocycles. The molecule has 1 aromatic carbocycles. The number of Topliss-reactive ketones (excluding diaryl/α,β-unsaturated/α-hetero) is 1. The van der Waals surface area contributed by atoms with Crippen molar-refractivity contribution in [2.24, 2.45) is 12.5 Å². The zero-order valence-electron chi connectivity index (χ0n) is 16.8. The standard InChI is InChI=1S/C21H21Cl2N3O2S/c1-12-15(19(23)26(24-12)14-8-6-7-13(22)9-14)10-16-20(28)25(5)18(29-16)11-17(27)21(2,3)4/h6-11H,1-5H3/b16-10-,18-11-. The second kappa shape index (κ2) is 7.94. The van der Waals surface area contributed by atoms with Gasteiger partial charge in [-0.2, -0.15) is 5.10 Å². The molecule has 0 N–H and O–H groups in total. The summed E-state index contributed by atoms with van der Waals surface area (Å²) >= 11 is 13.9. The number of rotatable bonds is 3. The van der Waals surface area contributed by atoms with Gasteiger partial charge in [-0.05, 0) is 31.2 Å². The Balaban J connectivity index is 2.16. The molecule has 3 rings (SSSR count). The highest BCUT2D eigenvalue weighted by Gasteiger charge is 2.19. The lowest BCUT2D eigenvalue weighted by Crippen LogP contribution is -2.30. The van der Waals surface area contributed by atoms with Crippen molar-refractivity contribution in [2.75, 3.05) is 0 Å². The number of benzene rings is 1. The fourth-order valence-electron chi connectivity index (χ4n) is 2.62. The van der Waals surface area contributed by atoms with Crippen molar-refractivity contribution in [3.8, 4) is 5.69 Å². The molecule has 2 aromatic heterocycles. The van der Waals surface area contributed by atoms with Crippen LogP contribution in [-0.4, -0.2) is 20.1 Å². The number of carbonyl (C=O) groups is 1. The summed E-state index contributed by atoms with van der Waals surface area (Å²) in [6, 6.07) is 7.20. The quantitative estimate of drug-likeness (QED) is 0.614. The third-order valence-electron chi connectivity index (χ3n) is 4.43. The molecule has 3 aromatic rings. The van der Waals surface area contributed by atoms with Gasteiger partial charge in [0.05, 0.1) is 15.9 Å². The van der Waals surface area contributed by atoms with Crippen LogP contribution >= 0.6 is 34.5 Å². The molecule has 0 amide bonds. The lowest BCUT2D eigenvalue weighted by Gasteiger charge is -2.12. The maximum absolute atomic E-state index is 12.7. The Kier molecular flexibility index (Phi) is 5.90. The molecule has 0 radical (unpaired) electrons. The zero-order chi connectivity index (χ0) is 21.5. The lowest BCUT2D eigenvalue weighted by molar-refractivity contribution is -0.120. The van der Waals surface area contributed by atoms with Crippen molar-refractivity contribution in [2.45, 2.75) is 27.7 Å². The third-order valence-corrected chi connectivity index (χ3v) is 6.14. The zero-order valence-corrected chi connectivity index (χ0v) is 19.1. The van der Waals surface area contributed by atoms with Crippen LogP contribution in [0, 0.1) is 12.3 Å². The van der Waals surface area contributed by atoms with Crippen LogP contribution in [0.15, 0.2) is 29.1 Å². The highest BCUT2D eigenvalue weighted by molar-refractivity contribution is 7.07. The van der Waals surface area contributed by atoms with Gasteiger partial charge in [0.15, 0.2) is 5.78 Å². The van der Waals surface area contributed by atoms with Gasteiger partial charge in [0.1, 0.15) is 9.82 Å². The first-order valence-electron chi connectivity index (χ1n) is 8.94. The molecule has 29 heavy (non-hydrogen) atoms. The number of halogens is 2. The molecule has 0 spiro atoms. The monoisotopic (exact) mass is 449 g/mol. The average Bonchev–Trinajstić information content (AvgIpc) is 3.06. The molecule has 0 bridgehead atoms. The van der Waals surface area contributed by atoms with Crippen LogP contribution < -0.4 is 14.8 Å². The number of nitrogens with zero attached hydrogens (tertiary/aromatic N) is 3. The van der Waals surface area contributed by atoms with Crippen LogP contribution in [0.4, 0.5) is 0 Å². The Labute approximate surface area is 182 Å². The highest BCUT2D eigenvalue weighted by atomic mass is 35.5. The third kappa shape index (κ3) is 4.39. The van der Waals surface area contributed by atoms with E-state index in [0.717, 1.165) is 5.69 Å². The summed E-state index contributed by atoms with van der Waals surface area (Å²) in [6.07, 6.45) is 3.24. The topological polar surface area (TPSA) is 56.9 Å². The Hall–Kier alpha value is -2.15. The molecule has 0 aliphatic heterocycles. The van der Waals surface area contributed by atoms with Gasteiger partial charge in [-0.25, -0.2) is 4.68 Å². The van der Waals surface area contributed by atoms with Crippen LogP contribution in [0.3, 0.4) is 0 Å². The maximum atomic E-state index is 12.7. The van der Waals surface area contributed by atoms with E-state index in [1.165, 1.54) is 22.0 Å². The number of thiazole rings is 1. The molecule has 0 aliphatic rings. The second-order valence-electron chi connectivity index (χ2n) is 7.75. The van der Waals surface area contributed by atoms with E-state index >= 15 is 0 Å². The van der Waals surface area contributed by atoms with Gasteiger partial charge < -0.3 is 4.57 Å². The Bertz CT molecular complexity index is 1280. The molecule has 0 atom stereocenters. The summed E-state index contributed by atoms with van der Waals surface area (Å²) in [4.78, 5) is 25.0. The smallest absolute Gasteiger partial charge is 0.268 e. The van der Waals surface area contributed by atoms with Crippen LogP contribution in [0.2, 0.25) is 10.2 Å². The number of aromatic nitrogens is 3. The van der Waals surface area contributed by atoms with E-state index in [2.05, 4.69) is 5.10 Å². The van der Waals surface area contributed by atoms with Gasteiger partial charge in [0, 0.05) is 29.1 Å². The first kappa shape index (κ1) is 21.6. The molecule has 0 aliphatic carbocycles. The van der Waals surface area contributed by atoms with Crippen molar-refractivity contribution in [1.82, 2.24) is 14.3 Å². The molecule has 0 fully saturated rings.